The summed E-state index contributed by atoms with van der Waals surface area (Å²) in [6.07, 6.45) is 0.416. The average molecular weight is 374 g/mol. The molecule has 1 aliphatic rings. The molecule has 1 aromatic rings. The molecule has 0 aromatic heterocycles. The molecule has 1 heterocycles. The summed E-state index contributed by atoms with van der Waals surface area (Å²) in [4.78, 5) is 50.8. The monoisotopic (exact) mass is 374 g/mol. The molecule has 9 nitrogen and oxygen atoms in total. The molecule has 0 amide bonds. The Kier molecular flexibility index (Phi) is 6.17. The van der Waals surface area contributed by atoms with Crippen LogP contribution in [-0.4, -0.2) is 43.1 Å². The SMILES string of the molecule is COC(=O)C1=C(CC=O)N=C(C)C(C(=O)OC)C1c1cccc([N+](=O)[O-])c1. The molecule has 0 aliphatic carbocycles. The van der Waals surface area contributed by atoms with Gasteiger partial charge in [0.15, 0.2) is 0 Å². The van der Waals surface area contributed by atoms with Crippen LogP contribution >= 0.6 is 0 Å². The van der Waals surface area contributed by atoms with Crippen LogP contribution in [0, 0.1) is 16.0 Å². The zero-order valence-electron chi connectivity index (χ0n) is 15.0. The molecule has 2 unspecified atom stereocenters. The number of hydrogen-bond acceptors (Lipinski definition) is 8. The molecule has 2 rings (SSSR count). The summed E-state index contributed by atoms with van der Waals surface area (Å²) in [6, 6.07) is 5.60. The van der Waals surface area contributed by atoms with E-state index in [0.29, 0.717) is 17.6 Å². The minimum Gasteiger partial charge on any atom is -0.468 e. The predicted molar refractivity (Wildman–Crippen MR) is 94.2 cm³/mol. The van der Waals surface area contributed by atoms with E-state index in [1.807, 2.05) is 0 Å². The molecule has 0 saturated carbocycles. The quantitative estimate of drug-likeness (QED) is 0.322. The van der Waals surface area contributed by atoms with Gasteiger partial charge in [-0.15, -0.1) is 0 Å². The van der Waals surface area contributed by atoms with Gasteiger partial charge in [0.25, 0.3) is 5.69 Å². The summed E-state index contributed by atoms with van der Waals surface area (Å²) < 4.78 is 9.67. The molecule has 0 N–H and O–H groups in total. The molecule has 0 spiro atoms. The van der Waals surface area contributed by atoms with E-state index in [9.17, 15) is 24.5 Å². The predicted octanol–water partition coefficient (Wildman–Crippen LogP) is 1.96. The van der Waals surface area contributed by atoms with Gasteiger partial charge in [0.2, 0.25) is 0 Å². The molecule has 27 heavy (non-hydrogen) atoms. The summed E-state index contributed by atoms with van der Waals surface area (Å²) in [5.74, 6) is -3.34. The molecule has 0 bridgehead atoms. The number of benzene rings is 1. The maximum atomic E-state index is 12.5. The smallest absolute Gasteiger partial charge is 0.336 e. The van der Waals surface area contributed by atoms with Gasteiger partial charge in [-0.25, -0.2) is 4.79 Å². The van der Waals surface area contributed by atoms with Crippen molar-refractivity contribution in [2.75, 3.05) is 14.2 Å². The van der Waals surface area contributed by atoms with Crippen molar-refractivity contribution in [1.82, 2.24) is 0 Å². The first-order valence-electron chi connectivity index (χ1n) is 7.98. The summed E-state index contributed by atoms with van der Waals surface area (Å²) in [5.41, 5.74) is 0.648. The lowest BCUT2D eigenvalue weighted by atomic mass is 9.75. The van der Waals surface area contributed by atoms with Crippen LogP contribution in [0.3, 0.4) is 0 Å². The maximum Gasteiger partial charge on any atom is 0.336 e. The van der Waals surface area contributed by atoms with Crippen molar-refractivity contribution in [3.8, 4) is 0 Å². The molecule has 0 fully saturated rings. The number of esters is 2. The standard InChI is InChI=1S/C18H18N2O7/c1-10-14(17(22)26-2)15(11-5-4-6-12(9-11)20(24)25)16(18(23)27-3)13(19-10)7-8-21/h4-6,8-9,14-15H,7H2,1-3H3. The number of aliphatic imine (C=N–C) groups is 1. The minimum atomic E-state index is -0.985. The number of ether oxygens (including phenoxy) is 2. The number of rotatable bonds is 6. The molecule has 1 aliphatic heterocycles. The highest BCUT2D eigenvalue weighted by Crippen LogP contribution is 2.41. The third kappa shape index (κ3) is 3.91. The van der Waals surface area contributed by atoms with E-state index in [-0.39, 0.29) is 23.4 Å². The van der Waals surface area contributed by atoms with Gasteiger partial charge in [0.1, 0.15) is 12.2 Å². The summed E-state index contributed by atoms with van der Waals surface area (Å²) in [7, 11) is 2.36. The fourth-order valence-corrected chi connectivity index (χ4v) is 3.14. The molecule has 0 radical (unpaired) electrons. The van der Waals surface area contributed by atoms with Crippen LogP contribution in [0.2, 0.25) is 0 Å². The van der Waals surface area contributed by atoms with Crippen LogP contribution in [-0.2, 0) is 23.9 Å². The topological polar surface area (TPSA) is 125 Å². The van der Waals surface area contributed by atoms with Crippen molar-refractivity contribution in [3.63, 3.8) is 0 Å². The molecule has 9 heteroatoms. The fraction of sp³-hybridized carbons (Fsp3) is 0.333. The first-order chi connectivity index (χ1) is 12.8. The van der Waals surface area contributed by atoms with Gasteiger partial charge < -0.3 is 14.3 Å². The zero-order chi connectivity index (χ0) is 20.1. The first kappa shape index (κ1) is 20.0. The van der Waals surface area contributed by atoms with E-state index in [1.165, 1.54) is 25.3 Å². The number of non-ortho nitro benzene ring substituents is 1. The van der Waals surface area contributed by atoms with Gasteiger partial charge in [-0.3, -0.25) is 19.9 Å². The number of methoxy groups -OCH3 is 2. The number of nitro benzene ring substituents is 1. The summed E-state index contributed by atoms with van der Waals surface area (Å²) in [5, 5.41) is 11.2. The lowest BCUT2D eigenvalue weighted by Gasteiger charge is -2.31. The van der Waals surface area contributed by atoms with Gasteiger partial charge in [-0.2, -0.15) is 0 Å². The Bertz CT molecular complexity index is 857. The Balaban J connectivity index is 2.77. The summed E-state index contributed by atoms with van der Waals surface area (Å²) >= 11 is 0. The van der Waals surface area contributed by atoms with Crippen molar-refractivity contribution in [2.24, 2.45) is 10.9 Å². The fourth-order valence-electron chi connectivity index (χ4n) is 3.14. The number of hydrogen-bond donors (Lipinski definition) is 0. The Hall–Kier alpha value is -3.36. The van der Waals surface area contributed by atoms with Crippen LogP contribution in [0.15, 0.2) is 40.5 Å². The van der Waals surface area contributed by atoms with Gasteiger partial charge in [-0.1, -0.05) is 12.1 Å². The van der Waals surface area contributed by atoms with E-state index < -0.39 is 28.7 Å². The summed E-state index contributed by atoms with van der Waals surface area (Å²) in [6.45, 7) is 1.57. The molecule has 142 valence electrons. The Morgan fingerprint density at radius 1 is 1.30 bits per heavy atom. The largest absolute Gasteiger partial charge is 0.468 e. The van der Waals surface area contributed by atoms with Gasteiger partial charge in [0, 0.05) is 30.2 Å². The Morgan fingerprint density at radius 3 is 2.56 bits per heavy atom. The van der Waals surface area contributed by atoms with Crippen molar-refractivity contribution in [2.45, 2.75) is 19.3 Å². The normalized spacial score (nSPS) is 19.1. The van der Waals surface area contributed by atoms with Crippen molar-refractivity contribution >= 4 is 29.6 Å². The van der Waals surface area contributed by atoms with Crippen LogP contribution < -0.4 is 0 Å². The molecule has 2 atom stereocenters. The zero-order valence-corrected chi connectivity index (χ0v) is 15.0. The third-order valence-electron chi connectivity index (χ3n) is 4.29. The van der Waals surface area contributed by atoms with Gasteiger partial charge in [0.05, 0.1) is 30.4 Å². The average Bonchev–Trinajstić information content (AvgIpc) is 2.66. The second kappa shape index (κ2) is 8.35. The van der Waals surface area contributed by atoms with Crippen LogP contribution in [0.25, 0.3) is 0 Å². The lowest BCUT2D eigenvalue weighted by Crippen LogP contribution is -2.36. The van der Waals surface area contributed by atoms with Crippen LogP contribution in [0.1, 0.15) is 24.8 Å². The van der Waals surface area contributed by atoms with Crippen molar-refractivity contribution in [3.05, 3.63) is 51.2 Å². The highest BCUT2D eigenvalue weighted by Gasteiger charge is 2.43. The molecule has 0 saturated heterocycles. The number of aldehydes is 1. The molecule has 1 aromatic carbocycles. The molecular weight excluding hydrogens is 356 g/mol. The van der Waals surface area contributed by atoms with Crippen LogP contribution in [0.5, 0.6) is 0 Å². The van der Waals surface area contributed by atoms with E-state index in [0.717, 1.165) is 7.11 Å². The number of allylic oxidation sites excluding steroid dienone is 1. The van der Waals surface area contributed by atoms with E-state index in [1.54, 1.807) is 13.0 Å². The third-order valence-corrected chi connectivity index (χ3v) is 4.29. The van der Waals surface area contributed by atoms with Gasteiger partial charge >= 0.3 is 11.9 Å². The Morgan fingerprint density at radius 2 is 2.00 bits per heavy atom. The van der Waals surface area contributed by atoms with E-state index >= 15 is 0 Å². The molecular formula is C18H18N2O7. The first-order valence-corrected chi connectivity index (χ1v) is 7.98. The minimum absolute atomic E-state index is 0.00565. The number of nitro groups is 1. The van der Waals surface area contributed by atoms with Crippen LogP contribution in [0.4, 0.5) is 5.69 Å². The Labute approximate surface area is 154 Å². The number of carbonyl (C=O) groups is 3. The maximum absolute atomic E-state index is 12.5. The van der Waals surface area contributed by atoms with E-state index in [2.05, 4.69) is 4.99 Å². The second-order valence-corrected chi connectivity index (χ2v) is 5.81. The van der Waals surface area contributed by atoms with Gasteiger partial charge in [-0.05, 0) is 12.5 Å². The number of carbonyl (C=O) groups excluding carboxylic acids is 3. The van der Waals surface area contributed by atoms with E-state index in [4.69, 9.17) is 9.47 Å². The lowest BCUT2D eigenvalue weighted by molar-refractivity contribution is -0.384. The number of nitrogens with zero attached hydrogens (tertiary/aromatic N) is 2. The van der Waals surface area contributed by atoms with Crippen molar-refractivity contribution in [1.29, 1.82) is 0 Å². The highest BCUT2D eigenvalue weighted by atomic mass is 16.6. The highest BCUT2D eigenvalue weighted by molar-refractivity contribution is 6.07. The van der Waals surface area contributed by atoms with Crippen molar-refractivity contribution < 1.29 is 28.8 Å². The second-order valence-electron chi connectivity index (χ2n) is 5.81.